The highest BCUT2D eigenvalue weighted by atomic mass is 127. The largest absolute Gasteiger partial charge is 1.00 e. The van der Waals surface area contributed by atoms with E-state index in [-0.39, 0.29) is 53.7 Å². The molecule has 0 aliphatic heterocycles. The van der Waals surface area contributed by atoms with E-state index >= 15 is 0 Å². The van der Waals surface area contributed by atoms with Crippen LogP contribution in [0.4, 0.5) is 0 Å². The zero-order valence-corrected chi connectivity index (χ0v) is 30.1. The predicted octanol–water partition coefficient (Wildman–Crippen LogP) is 0.977. The molecule has 0 fully saturated rings. The van der Waals surface area contributed by atoms with Gasteiger partial charge in [0.25, 0.3) is 0 Å². The van der Waals surface area contributed by atoms with Gasteiger partial charge in [0.1, 0.15) is 11.5 Å². The summed E-state index contributed by atoms with van der Waals surface area (Å²) in [6.07, 6.45) is 4.37. The first kappa shape index (κ1) is 37.1. The van der Waals surface area contributed by atoms with E-state index in [2.05, 4.69) is 41.5 Å². The molecule has 1 aliphatic rings. The molecule has 0 aromatic heterocycles. The van der Waals surface area contributed by atoms with E-state index in [9.17, 15) is 4.79 Å². The molecule has 226 valence electrons. The lowest BCUT2D eigenvalue weighted by molar-refractivity contribution is -0.923. The molecule has 0 atom stereocenters. The van der Waals surface area contributed by atoms with E-state index in [1.807, 2.05) is 36.4 Å². The Balaban J connectivity index is 0.00000400. The van der Waals surface area contributed by atoms with Gasteiger partial charge in [0.2, 0.25) is 0 Å². The van der Waals surface area contributed by atoms with Crippen molar-refractivity contribution in [3.8, 4) is 22.6 Å². The number of hydrogen-bond donors (Lipinski definition) is 0. The number of nitrogens with zero attached hydrogens (tertiary/aromatic N) is 2. The van der Waals surface area contributed by atoms with Crippen LogP contribution in [0.5, 0.6) is 11.5 Å². The molecule has 7 heteroatoms. The van der Waals surface area contributed by atoms with Crippen molar-refractivity contribution in [2.24, 2.45) is 0 Å². The lowest BCUT2D eigenvalue weighted by Crippen LogP contribution is -3.00. The average molecular weight is 779 g/mol. The molecule has 0 heterocycles. The van der Waals surface area contributed by atoms with E-state index in [1.165, 1.54) is 61.3 Å². The van der Waals surface area contributed by atoms with Gasteiger partial charge < -0.3 is 66.4 Å². The third kappa shape index (κ3) is 9.04. The Morgan fingerprint density at radius 2 is 0.875 bits per heavy atom. The SMILES string of the molecule is CC[N+](CC)(CC)CCCCOc1ccc2c(c1)C(=O)c1cc(OCCCC[N+](CC)(CC)CC)ccc1-2.[I-].[I-]. The normalized spacial score (nSPS) is 12.3. The smallest absolute Gasteiger partial charge is 0.194 e. The quantitative estimate of drug-likeness (QED) is 0.110. The Hall–Kier alpha value is -0.910. The lowest BCUT2D eigenvalue weighted by atomic mass is 10.1. The van der Waals surface area contributed by atoms with Gasteiger partial charge in [-0.1, -0.05) is 0 Å². The van der Waals surface area contributed by atoms with Crippen molar-refractivity contribution in [3.63, 3.8) is 0 Å². The summed E-state index contributed by atoms with van der Waals surface area (Å²) in [6, 6.07) is 11.9. The van der Waals surface area contributed by atoms with Crippen molar-refractivity contribution >= 4 is 5.78 Å². The number of carbonyl (C=O) groups is 1. The lowest BCUT2D eigenvalue weighted by Gasteiger charge is -2.35. The Morgan fingerprint density at radius 1 is 0.525 bits per heavy atom. The summed E-state index contributed by atoms with van der Waals surface area (Å²) in [5.41, 5.74) is 3.46. The van der Waals surface area contributed by atoms with Crippen molar-refractivity contribution < 1.29 is 71.2 Å². The zero-order chi connectivity index (χ0) is 27.6. The monoisotopic (exact) mass is 778 g/mol. The molecule has 0 N–H and O–H groups in total. The molecule has 5 nitrogen and oxygen atoms in total. The van der Waals surface area contributed by atoms with Crippen LogP contribution in [-0.2, 0) is 0 Å². The third-order valence-corrected chi connectivity index (χ3v) is 9.38. The van der Waals surface area contributed by atoms with Crippen molar-refractivity contribution in [1.82, 2.24) is 0 Å². The van der Waals surface area contributed by atoms with Crippen LogP contribution in [0.3, 0.4) is 0 Å². The first-order chi connectivity index (χ1) is 18.4. The van der Waals surface area contributed by atoms with Gasteiger partial charge in [0.05, 0.1) is 65.6 Å². The Morgan fingerprint density at radius 3 is 1.20 bits per heavy atom. The van der Waals surface area contributed by atoms with E-state index < -0.39 is 0 Å². The minimum absolute atomic E-state index is 0. The first-order valence-corrected chi connectivity index (χ1v) is 15.2. The van der Waals surface area contributed by atoms with Gasteiger partial charge in [-0.15, -0.1) is 0 Å². The van der Waals surface area contributed by atoms with Crippen molar-refractivity contribution in [1.29, 1.82) is 0 Å². The van der Waals surface area contributed by atoms with E-state index in [0.717, 1.165) is 59.4 Å². The molecule has 0 bridgehead atoms. The van der Waals surface area contributed by atoms with E-state index in [1.54, 1.807) is 0 Å². The summed E-state index contributed by atoms with van der Waals surface area (Å²) >= 11 is 0. The fourth-order valence-corrected chi connectivity index (χ4v) is 5.99. The van der Waals surface area contributed by atoms with Gasteiger partial charge in [-0.25, -0.2) is 0 Å². The number of hydrogen-bond acceptors (Lipinski definition) is 3. The van der Waals surface area contributed by atoms with Crippen LogP contribution < -0.4 is 57.4 Å². The Labute approximate surface area is 278 Å². The highest BCUT2D eigenvalue weighted by Crippen LogP contribution is 2.40. The highest BCUT2D eigenvalue weighted by Gasteiger charge is 2.28. The van der Waals surface area contributed by atoms with Crippen molar-refractivity contribution in [3.05, 3.63) is 47.5 Å². The molecule has 3 rings (SSSR count). The second kappa shape index (κ2) is 17.9. The minimum atomic E-state index is 0. The maximum Gasteiger partial charge on any atom is 0.194 e. The van der Waals surface area contributed by atoms with Crippen LogP contribution in [0.25, 0.3) is 11.1 Å². The average Bonchev–Trinajstić information content (AvgIpc) is 3.24. The van der Waals surface area contributed by atoms with Gasteiger partial charge in [-0.3, -0.25) is 4.79 Å². The number of halogens is 2. The number of benzene rings is 2. The molecule has 0 radical (unpaired) electrons. The van der Waals surface area contributed by atoms with E-state index in [0.29, 0.717) is 13.2 Å². The van der Waals surface area contributed by atoms with Gasteiger partial charge in [-0.2, -0.15) is 0 Å². The number of quaternary nitrogens is 2. The molecule has 40 heavy (non-hydrogen) atoms. The fraction of sp³-hybridized carbons (Fsp3) is 0.606. The minimum Gasteiger partial charge on any atom is -1.00 e. The molecule has 0 unspecified atom stereocenters. The Kier molecular flexibility index (Phi) is 16.6. The number of fused-ring (bicyclic) bond motifs is 3. The second-order valence-electron chi connectivity index (χ2n) is 10.9. The van der Waals surface area contributed by atoms with Gasteiger partial charge in [-0.05, 0) is 115 Å². The topological polar surface area (TPSA) is 35.5 Å². The maximum atomic E-state index is 13.2. The van der Waals surface area contributed by atoms with Crippen molar-refractivity contribution in [2.75, 3.05) is 65.6 Å². The molecule has 0 saturated carbocycles. The van der Waals surface area contributed by atoms with Gasteiger partial charge in [0.15, 0.2) is 5.78 Å². The number of ketones is 1. The molecule has 2 aromatic carbocycles. The molecular formula is C33H52I2N2O3. The maximum absolute atomic E-state index is 13.2. The fourth-order valence-electron chi connectivity index (χ4n) is 5.99. The molecule has 0 spiro atoms. The summed E-state index contributed by atoms with van der Waals surface area (Å²) in [4.78, 5) is 13.2. The summed E-state index contributed by atoms with van der Waals surface area (Å²) in [5.74, 6) is 1.63. The molecule has 2 aromatic rings. The van der Waals surface area contributed by atoms with E-state index in [4.69, 9.17) is 9.47 Å². The van der Waals surface area contributed by atoms with Crippen molar-refractivity contribution in [2.45, 2.75) is 67.2 Å². The van der Waals surface area contributed by atoms with Crippen LogP contribution >= 0.6 is 0 Å². The van der Waals surface area contributed by atoms with Crippen LogP contribution in [0, 0.1) is 0 Å². The number of unbranched alkanes of at least 4 members (excludes halogenated alkanes) is 2. The number of carbonyl (C=O) groups excluding carboxylic acids is 1. The summed E-state index contributed by atoms with van der Waals surface area (Å²) in [5, 5.41) is 0. The van der Waals surface area contributed by atoms with Crippen LogP contribution in [0.2, 0.25) is 0 Å². The molecule has 1 aliphatic carbocycles. The molecule has 0 amide bonds. The standard InChI is InChI=1S/C33H52N2O3.2HI/c1-7-34(8-2,9-3)21-13-15-23-37-27-17-19-29-30-20-18-28(26-32(30)33(36)31(29)25-27)38-24-16-14-22-35(10-4,11-5)12-6;;/h17-20,25-26H,7-16,21-24H2,1-6H3;2*1H/q+2;;/p-2. The highest BCUT2D eigenvalue weighted by molar-refractivity contribution is 6.22. The summed E-state index contributed by atoms with van der Waals surface area (Å²) in [6.45, 7) is 24.6. The van der Waals surface area contributed by atoms with Crippen LogP contribution in [0.1, 0.15) is 83.1 Å². The van der Waals surface area contributed by atoms with Gasteiger partial charge >= 0.3 is 0 Å². The molecular weight excluding hydrogens is 726 g/mol. The number of ether oxygens (including phenoxy) is 2. The van der Waals surface area contributed by atoms with Crippen LogP contribution in [-0.4, -0.2) is 80.3 Å². The summed E-state index contributed by atoms with van der Waals surface area (Å²) in [7, 11) is 0. The number of rotatable bonds is 18. The van der Waals surface area contributed by atoms with Crippen LogP contribution in [0.15, 0.2) is 36.4 Å². The first-order valence-electron chi connectivity index (χ1n) is 15.2. The summed E-state index contributed by atoms with van der Waals surface area (Å²) < 4.78 is 14.5. The molecule has 0 saturated heterocycles. The second-order valence-corrected chi connectivity index (χ2v) is 10.9. The predicted molar refractivity (Wildman–Crippen MR) is 158 cm³/mol. The zero-order valence-electron chi connectivity index (χ0n) is 25.7. The Bertz CT molecular complexity index is 954. The van der Waals surface area contributed by atoms with Gasteiger partial charge in [0, 0.05) is 11.1 Å². The third-order valence-electron chi connectivity index (χ3n) is 9.38.